The standard InChI is InChI=1S/C49H62FN5O11Si/c1-48(2,3)67(8,9)66-42-37(64-45(43(42)62-7)55-28-25-40(57)52-47(55)59)29-53(4)26-23-36-38(65-44(41(36)50)54-27-24-39(56)51-46(54)58)30-63-49(31-13-11-10-12-14-31,32-15-19-34(60-5)20-16-32)33-17-21-35(61-6)22-18-33/h10-22,24-25,27-28,36-38,41-45H,23,26,29-30H2,1-9H3,(H,51,56,58)(H,52,57,59)/t36-,37-,38-,41-,42-,43-,44-,45-/m1/s1. The number of rotatable bonds is 18. The lowest BCUT2D eigenvalue weighted by atomic mass is 9.80. The number of likely N-dealkylation sites (N-methyl/N-ethyl adjacent to an activating group) is 1. The number of alkyl halides is 1. The number of nitrogens with one attached hydrogen (secondary N) is 2. The molecule has 2 N–H and O–H groups in total. The zero-order valence-corrected chi connectivity index (χ0v) is 40.5. The molecule has 0 amide bonds. The van der Waals surface area contributed by atoms with Crippen LogP contribution < -0.4 is 32.0 Å². The summed E-state index contributed by atoms with van der Waals surface area (Å²) >= 11 is 0. The van der Waals surface area contributed by atoms with Gasteiger partial charge in [0.25, 0.3) is 11.1 Å². The normalized spacial score (nSPS) is 23.4. The Morgan fingerprint density at radius 1 is 0.701 bits per heavy atom. The Morgan fingerprint density at radius 2 is 1.21 bits per heavy atom. The van der Waals surface area contributed by atoms with E-state index in [-0.39, 0.29) is 18.1 Å². The van der Waals surface area contributed by atoms with Gasteiger partial charge in [0.1, 0.15) is 35.4 Å². The van der Waals surface area contributed by atoms with Gasteiger partial charge in [-0.3, -0.25) is 28.7 Å². The van der Waals surface area contributed by atoms with Crippen LogP contribution in [0.25, 0.3) is 0 Å². The number of halogens is 1. The van der Waals surface area contributed by atoms with Crippen LogP contribution in [0, 0.1) is 5.92 Å². The number of aromatic amines is 2. The van der Waals surface area contributed by atoms with Gasteiger partial charge in [0.15, 0.2) is 26.9 Å². The van der Waals surface area contributed by atoms with Crippen LogP contribution in [0.2, 0.25) is 18.1 Å². The van der Waals surface area contributed by atoms with Gasteiger partial charge in [0.05, 0.1) is 26.9 Å². The molecule has 7 rings (SSSR count). The molecular formula is C49H62FN5O11Si. The Morgan fingerprint density at radius 3 is 1.70 bits per heavy atom. The third-order valence-corrected chi connectivity index (χ3v) is 18.0. The van der Waals surface area contributed by atoms with Gasteiger partial charge < -0.3 is 37.7 Å². The lowest BCUT2D eigenvalue weighted by Crippen LogP contribution is -2.51. The molecule has 0 aliphatic carbocycles. The lowest BCUT2D eigenvalue weighted by Gasteiger charge is -2.40. The maximum absolute atomic E-state index is 17.2. The highest BCUT2D eigenvalue weighted by Gasteiger charge is 2.52. The highest BCUT2D eigenvalue weighted by molar-refractivity contribution is 6.74. The van der Waals surface area contributed by atoms with Gasteiger partial charge in [-0.15, -0.1) is 0 Å². The third-order valence-electron chi connectivity index (χ3n) is 13.5. The molecule has 16 nitrogen and oxygen atoms in total. The van der Waals surface area contributed by atoms with Crippen LogP contribution in [-0.4, -0.2) is 111 Å². The first-order chi connectivity index (χ1) is 31.9. The molecule has 67 heavy (non-hydrogen) atoms. The van der Waals surface area contributed by atoms with Gasteiger partial charge in [-0.25, -0.2) is 14.0 Å². The third kappa shape index (κ3) is 10.4. The lowest BCUT2D eigenvalue weighted by molar-refractivity contribution is -0.0882. The second-order valence-electron chi connectivity index (χ2n) is 18.7. The summed E-state index contributed by atoms with van der Waals surface area (Å²) in [7, 11) is 4.16. The molecule has 0 bridgehead atoms. The smallest absolute Gasteiger partial charge is 0.330 e. The van der Waals surface area contributed by atoms with E-state index >= 15 is 4.39 Å². The maximum Gasteiger partial charge on any atom is 0.330 e. The summed E-state index contributed by atoms with van der Waals surface area (Å²) < 4.78 is 64.0. The van der Waals surface area contributed by atoms with Gasteiger partial charge in [-0.2, -0.15) is 0 Å². The van der Waals surface area contributed by atoms with Crippen LogP contribution in [0.3, 0.4) is 0 Å². The Bertz CT molecular complexity index is 2620. The highest BCUT2D eigenvalue weighted by Crippen LogP contribution is 2.45. The molecule has 2 saturated heterocycles. The fourth-order valence-electron chi connectivity index (χ4n) is 8.79. The molecule has 0 saturated carbocycles. The van der Waals surface area contributed by atoms with Gasteiger partial charge >= 0.3 is 11.4 Å². The topological polar surface area (TPSA) is 178 Å². The Balaban J connectivity index is 1.21. The van der Waals surface area contributed by atoms with Crippen LogP contribution in [0.15, 0.2) is 123 Å². The molecule has 2 fully saturated rings. The van der Waals surface area contributed by atoms with Crippen LogP contribution in [0.4, 0.5) is 4.39 Å². The van der Waals surface area contributed by atoms with E-state index in [1.807, 2.05) is 90.8 Å². The predicted octanol–water partition coefficient (Wildman–Crippen LogP) is 5.59. The fraction of sp³-hybridized carbons (Fsp3) is 0.469. The second-order valence-corrected chi connectivity index (χ2v) is 23.4. The van der Waals surface area contributed by atoms with E-state index in [0.717, 1.165) is 27.3 Å². The quantitative estimate of drug-likeness (QED) is 0.0824. The van der Waals surface area contributed by atoms with Crippen molar-refractivity contribution in [1.82, 2.24) is 24.0 Å². The first kappa shape index (κ1) is 49.4. The van der Waals surface area contributed by atoms with E-state index in [0.29, 0.717) is 24.6 Å². The van der Waals surface area contributed by atoms with Crippen molar-refractivity contribution >= 4 is 8.32 Å². The van der Waals surface area contributed by atoms with Crippen molar-refractivity contribution in [2.24, 2.45) is 5.92 Å². The Hall–Kier alpha value is -5.47. The minimum absolute atomic E-state index is 0.115. The van der Waals surface area contributed by atoms with Gasteiger partial charge in [-0.05, 0) is 79.1 Å². The molecule has 2 aliphatic heterocycles. The van der Waals surface area contributed by atoms with Gasteiger partial charge in [0.2, 0.25) is 0 Å². The molecule has 0 radical (unpaired) electrons. The van der Waals surface area contributed by atoms with Crippen molar-refractivity contribution in [1.29, 1.82) is 0 Å². The largest absolute Gasteiger partial charge is 0.497 e. The molecule has 2 aliphatic rings. The molecule has 18 heteroatoms. The number of H-pyrrole nitrogens is 2. The molecule has 0 unspecified atom stereocenters. The van der Waals surface area contributed by atoms with E-state index in [1.54, 1.807) is 14.2 Å². The molecule has 2 aromatic heterocycles. The van der Waals surface area contributed by atoms with Crippen molar-refractivity contribution in [3.05, 3.63) is 162 Å². The van der Waals surface area contributed by atoms with E-state index in [9.17, 15) is 19.2 Å². The molecule has 360 valence electrons. The highest BCUT2D eigenvalue weighted by atomic mass is 28.4. The maximum atomic E-state index is 17.2. The summed E-state index contributed by atoms with van der Waals surface area (Å²) in [4.78, 5) is 56.9. The van der Waals surface area contributed by atoms with E-state index in [1.165, 1.54) is 30.1 Å². The summed E-state index contributed by atoms with van der Waals surface area (Å²) in [6, 6.07) is 27.2. The zero-order valence-electron chi connectivity index (χ0n) is 39.5. The first-order valence-electron chi connectivity index (χ1n) is 22.4. The Kier molecular flexibility index (Phi) is 15.1. The van der Waals surface area contributed by atoms with Crippen molar-refractivity contribution in [2.75, 3.05) is 48.1 Å². The molecule has 8 atom stereocenters. The number of ether oxygens (including phenoxy) is 6. The summed E-state index contributed by atoms with van der Waals surface area (Å²) in [6.45, 7) is 11.2. The van der Waals surface area contributed by atoms with Crippen molar-refractivity contribution in [3.8, 4) is 11.5 Å². The van der Waals surface area contributed by atoms with Crippen LogP contribution in [0.5, 0.6) is 11.5 Å². The number of hydrogen-bond acceptors (Lipinski definition) is 12. The Labute approximate surface area is 389 Å². The summed E-state index contributed by atoms with van der Waals surface area (Å²) in [6.07, 6.45) is -3.94. The first-order valence-corrected chi connectivity index (χ1v) is 25.3. The van der Waals surface area contributed by atoms with Crippen molar-refractivity contribution < 1.29 is 37.2 Å². The number of hydrogen-bond donors (Lipinski definition) is 2. The van der Waals surface area contributed by atoms with E-state index < -0.39 is 85.4 Å². The molecule has 5 aromatic rings. The number of benzene rings is 3. The molecule has 3 aromatic carbocycles. The van der Waals surface area contributed by atoms with Crippen LogP contribution >= 0.6 is 0 Å². The van der Waals surface area contributed by atoms with Crippen molar-refractivity contribution in [3.63, 3.8) is 0 Å². The van der Waals surface area contributed by atoms with Crippen LogP contribution in [-0.2, 0) is 29.0 Å². The summed E-state index contributed by atoms with van der Waals surface area (Å²) in [5.41, 5.74) is -1.51. The van der Waals surface area contributed by atoms with Crippen LogP contribution in [0.1, 0.15) is 56.3 Å². The fourth-order valence-corrected chi connectivity index (χ4v) is 10.1. The molecule has 4 heterocycles. The minimum Gasteiger partial charge on any atom is -0.497 e. The van der Waals surface area contributed by atoms with Crippen molar-refractivity contribution in [2.45, 2.75) is 94.0 Å². The van der Waals surface area contributed by atoms with E-state index in [2.05, 4.69) is 43.8 Å². The number of nitrogens with zero attached hydrogens (tertiary/aromatic N) is 3. The zero-order chi connectivity index (χ0) is 48.3. The van der Waals surface area contributed by atoms with E-state index in [4.69, 9.17) is 32.8 Å². The molecular weight excluding hydrogens is 882 g/mol. The average Bonchev–Trinajstić information content (AvgIpc) is 3.80. The minimum atomic E-state index is -2.45. The monoisotopic (exact) mass is 943 g/mol. The second kappa shape index (κ2) is 20.4. The average molecular weight is 944 g/mol. The molecule has 0 spiro atoms. The number of methoxy groups -OCH3 is 3. The van der Waals surface area contributed by atoms with Gasteiger partial charge in [-0.1, -0.05) is 75.4 Å². The summed E-state index contributed by atoms with van der Waals surface area (Å²) in [5.74, 6) is 0.491. The van der Waals surface area contributed by atoms with Gasteiger partial charge in [0, 0.05) is 44.1 Å². The SMILES string of the molecule is COc1ccc(C(OC[C@H]2O[C@@H](n3ccc(=O)[nH]c3=O)[C@H](F)[C@@H]2CCN(C)C[C@H]2O[C@@H](n3ccc(=O)[nH]c3=O)[C@H](OC)[C@@H]2O[Si](C)(C)C(C)(C)C)(c2ccccc2)c2ccc(OC)cc2)cc1. The predicted molar refractivity (Wildman–Crippen MR) is 252 cm³/mol. The number of aromatic nitrogens is 4. The summed E-state index contributed by atoms with van der Waals surface area (Å²) in [5, 5.41) is -0.173.